The van der Waals surface area contributed by atoms with Gasteiger partial charge in [-0.2, -0.15) is 0 Å². The van der Waals surface area contributed by atoms with E-state index in [2.05, 4.69) is 0 Å². The summed E-state index contributed by atoms with van der Waals surface area (Å²) in [5, 5.41) is 59.6. The number of ether oxygens (including phenoxy) is 6. The molecule has 374 valence electrons. The summed E-state index contributed by atoms with van der Waals surface area (Å²) in [6, 6.07) is 10.0. The highest BCUT2D eigenvalue weighted by Gasteiger charge is 2.53. The summed E-state index contributed by atoms with van der Waals surface area (Å²) in [6.45, 7) is 20.4. The minimum absolute atomic E-state index is 0.102. The number of methoxy groups -OCH3 is 1. The fraction of sp³-hybridized carbons (Fsp3) is 0.760. The number of likely N-dealkylation sites (N-methyl/N-ethyl adjacent to an activating group) is 2. The zero-order valence-corrected chi connectivity index (χ0v) is 41.8. The Balaban J connectivity index is 1.51. The SMILES string of the molecule is CC[C@H]1OC(=O)[C@H](C)[C@@H](O[C@H]2C[C@@](C)(OC)[C@@H](O)[C@H](C)O2)[C@H](C)[C@@H](O[C@@H]2O[C@H](C)C[C@H](N(C)Cc3ccc(-n4cc(C)ccc4=O)cc3)[C@H]2O)[C@](C)(O)C[C@@H](C)CN(C)[C@H](C)[C@@H](O)[C@]1(C)O. The maximum Gasteiger partial charge on any atom is 0.311 e. The van der Waals surface area contributed by atoms with E-state index in [1.807, 2.05) is 75.9 Å². The van der Waals surface area contributed by atoms with Gasteiger partial charge in [-0.25, -0.2) is 0 Å². The summed E-state index contributed by atoms with van der Waals surface area (Å²) in [5.74, 6) is -2.78. The van der Waals surface area contributed by atoms with Gasteiger partial charge in [0.1, 0.15) is 30.0 Å². The normalized spacial score (nSPS) is 41.5. The number of cyclic esters (lactones) is 1. The van der Waals surface area contributed by atoms with Gasteiger partial charge in [0, 0.05) is 62.6 Å². The molecule has 0 bridgehead atoms. The molecule has 0 radical (unpaired) electrons. The number of rotatable bonds is 10. The lowest BCUT2D eigenvalue weighted by molar-refractivity contribution is -0.318. The molecule has 16 heteroatoms. The Morgan fingerprint density at radius 1 is 0.894 bits per heavy atom. The number of aromatic nitrogens is 1. The molecular weight excluding hydrogens is 851 g/mol. The Labute approximate surface area is 392 Å². The lowest BCUT2D eigenvalue weighted by Gasteiger charge is -2.49. The minimum atomic E-state index is -1.83. The largest absolute Gasteiger partial charge is 0.459 e. The standard InChI is InChI=1S/C50H81N3O13/c1-15-38-50(11,60)43(56)33(7)51(12)25-29(3)23-48(9,59)45(31(5)42(32(6)46(58)64-38)65-40-24-49(10,61-14)44(57)34(8)63-40)66-47-41(55)37(22-30(4)62-47)52(13)27-35-17-19-36(20-18-35)53-26-28(2)16-21-39(53)54/h16-21,26,29-34,37-38,40-45,47,55-57,59-60H,15,22-25,27H2,1-14H3/t29-,30-,31+,32-,33-,34+,37+,38-,40+,41-,42+,43-,44+,45-,47+,48-,49-,50-/m1/s1. The Hall–Kier alpha value is -2.84. The van der Waals surface area contributed by atoms with E-state index in [1.54, 1.807) is 64.4 Å². The van der Waals surface area contributed by atoms with Crippen molar-refractivity contribution >= 4 is 5.97 Å². The zero-order chi connectivity index (χ0) is 49.2. The first kappa shape index (κ1) is 54.1. The summed E-state index contributed by atoms with van der Waals surface area (Å²) < 4.78 is 39.8. The Morgan fingerprint density at radius 3 is 2.17 bits per heavy atom. The van der Waals surface area contributed by atoms with Crippen molar-refractivity contribution in [2.45, 2.75) is 199 Å². The molecule has 0 saturated carbocycles. The predicted octanol–water partition coefficient (Wildman–Crippen LogP) is 3.93. The monoisotopic (exact) mass is 932 g/mol. The second-order valence-corrected chi connectivity index (χ2v) is 20.7. The topological polar surface area (TPSA) is 202 Å². The van der Waals surface area contributed by atoms with E-state index in [9.17, 15) is 35.1 Å². The van der Waals surface area contributed by atoms with E-state index in [0.717, 1.165) is 16.8 Å². The van der Waals surface area contributed by atoms with Crippen LogP contribution in [0.3, 0.4) is 0 Å². The molecule has 1 aromatic carbocycles. The van der Waals surface area contributed by atoms with Gasteiger partial charge < -0.3 is 58.9 Å². The summed E-state index contributed by atoms with van der Waals surface area (Å²) in [5.41, 5.74) is -1.97. The van der Waals surface area contributed by atoms with Crippen LogP contribution in [0, 0.1) is 24.7 Å². The molecule has 3 saturated heterocycles. The van der Waals surface area contributed by atoms with Gasteiger partial charge >= 0.3 is 5.97 Å². The van der Waals surface area contributed by atoms with Gasteiger partial charge in [-0.15, -0.1) is 0 Å². The molecule has 16 nitrogen and oxygen atoms in total. The lowest BCUT2D eigenvalue weighted by atomic mass is 9.77. The highest BCUT2D eigenvalue weighted by atomic mass is 16.7. The van der Waals surface area contributed by atoms with Crippen molar-refractivity contribution < 1.29 is 58.7 Å². The van der Waals surface area contributed by atoms with Gasteiger partial charge in [-0.05, 0) is 118 Å². The first-order valence-corrected chi connectivity index (χ1v) is 23.8. The average Bonchev–Trinajstić information content (AvgIpc) is 3.25. The number of carbonyl (C=O) groups is 1. The van der Waals surface area contributed by atoms with Crippen molar-refractivity contribution in [2.24, 2.45) is 17.8 Å². The zero-order valence-electron chi connectivity index (χ0n) is 41.8. The molecule has 0 spiro atoms. The van der Waals surface area contributed by atoms with E-state index >= 15 is 0 Å². The van der Waals surface area contributed by atoms with Crippen LogP contribution in [0.15, 0.2) is 47.4 Å². The predicted molar refractivity (Wildman–Crippen MR) is 249 cm³/mol. The van der Waals surface area contributed by atoms with Crippen LogP contribution in [0.1, 0.15) is 106 Å². The fourth-order valence-corrected chi connectivity index (χ4v) is 10.6. The van der Waals surface area contributed by atoms with Crippen molar-refractivity contribution in [3.05, 3.63) is 64.1 Å². The van der Waals surface area contributed by atoms with Crippen LogP contribution in [-0.4, -0.2) is 164 Å². The molecular formula is C50H81N3O13. The van der Waals surface area contributed by atoms with Crippen molar-refractivity contribution in [3.8, 4) is 5.69 Å². The van der Waals surface area contributed by atoms with Crippen LogP contribution in [0.2, 0.25) is 0 Å². The van der Waals surface area contributed by atoms with E-state index in [-0.39, 0.29) is 36.8 Å². The number of esters is 1. The number of nitrogens with zero attached hydrogens (tertiary/aromatic N) is 3. The van der Waals surface area contributed by atoms with Crippen molar-refractivity contribution in [3.63, 3.8) is 0 Å². The summed E-state index contributed by atoms with van der Waals surface area (Å²) in [4.78, 5) is 31.0. The first-order chi connectivity index (χ1) is 30.7. The van der Waals surface area contributed by atoms with Crippen molar-refractivity contribution in [2.75, 3.05) is 27.7 Å². The molecule has 18 atom stereocenters. The third-order valence-corrected chi connectivity index (χ3v) is 14.8. The van der Waals surface area contributed by atoms with Gasteiger partial charge in [-0.1, -0.05) is 39.0 Å². The molecule has 66 heavy (non-hydrogen) atoms. The number of carbonyl (C=O) groups excluding carboxylic acids is 1. The molecule has 3 aliphatic rings. The molecule has 2 aromatic rings. The highest BCUT2D eigenvalue weighted by Crippen LogP contribution is 2.40. The van der Waals surface area contributed by atoms with Crippen LogP contribution in [0.25, 0.3) is 5.69 Å². The maximum absolute atomic E-state index is 14.5. The molecule has 3 fully saturated rings. The highest BCUT2D eigenvalue weighted by molar-refractivity contribution is 5.73. The van der Waals surface area contributed by atoms with Crippen LogP contribution < -0.4 is 5.56 Å². The number of hydrogen-bond acceptors (Lipinski definition) is 15. The maximum atomic E-state index is 14.5. The second-order valence-electron chi connectivity index (χ2n) is 20.7. The van der Waals surface area contributed by atoms with Crippen LogP contribution in [-0.2, 0) is 39.8 Å². The first-order valence-electron chi connectivity index (χ1n) is 23.8. The summed E-state index contributed by atoms with van der Waals surface area (Å²) in [6.07, 6.45) is -7.25. The van der Waals surface area contributed by atoms with Gasteiger partial charge in [0.25, 0.3) is 5.56 Å². The van der Waals surface area contributed by atoms with Crippen LogP contribution >= 0.6 is 0 Å². The lowest BCUT2D eigenvalue weighted by Crippen LogP contribution is -2.60. The van der Waals surface area contributed by atoms with E-state index in [1.165, 1.54) is 14.0 Å². The molecule has 0 aliphatic carbocycles. The van der Waals surface area contributed by atoms with Crippen LogP contribution in [0.5, 0.6) is 0 Å². The molecule has 1 aromatic heterocycles. The molecule has 0 unspecified atom stereocenters. The minimum Gasteiger partial charge on any atom is -0.459 e. The Morgan fingerprint density at radius 2 is 1.55 bits per heavy atom. The number of aliphatic hydroxyl groups is 5. The molecule has 4 heterocycles. The van der Waals surface area contributed by atoms with Gasteiger partial charge in [-0.3, -0.25) is 19.1 Å². The van der Waals surface area contributed by atoms with Crippen molar-refractivity contribution in [1.82, 2.24) is 14.4 Å². The van der Waals surface area contributed by atoms with Gasteiger partial charge in [0.15, 0.2) is 12.6 Å². The molecule has 3 aliphatic heterocycles. The smallest absolute Gasteiger partial charge is 0.311 e. The third kappa shape index (κ3) is 12.1. The van der Waals surface area contributed by atoms with E-state index < -0.39 is 102 Å². The fourth-order valence-electron chi connectivity index (χ4n) is 10.6. The number of hydrogen-bond donors (Lipinski definition) is 5. The van der Waals surface area contributed by atoms with Gasteiger partial charge in [0.05, 0.1) is 41.5 Å². The Bertz CT molecular complexity index is 1950. The van der Waals surface area contributed by atoms with E-state index in [0.29, 0.717) is 19.5 Å². The Kier molecular flexibility index (Phi) is 17.9. The third-order valence-electron chi connectivity index (χ3n) is 14.8. The second kappa shape index (κ2) is 21.8. The van der Waals surface area contributed by atoms with Crippen LogP contribution in [0.4, 0.5) is 0 Å². The quantitative estimate of drug-likeness (QED) is 0.215. The number of aryl methyl sites for hydroxylation is 1. The molecule has 0 amide bonds. The molecule has 5 N–H and O–H groups in total. The molecule has 5 rings (SSSR count). The number of aliphatic hydroxyl groups excluding tert-OH is 3. The number of pyridine rings is 1. The van der Waals surface area contributed by atoms with Crippen molar-refractivity contribution in [1.29, 1.82) is 0 Å². The number of benzene rings is 1. The van der Waals surface area contributed by atoms with E-state index in [4.69, 9.17) is 28.4 Å². The van der Waals surface area contributed by atoms with Gasteiger partial charge in [0.2, 0.25) is 0 Å². The average molecular weight is 932 g/mol. The summed E-state index contributed by atoms with van der Waals surface area (Å²) >= 11 is 0. The summed E-state index contributed by atoms with van der Waals surface area (Å²) in [7, 11) is 5.27.